The number of hydrogen-bond donors (Lipinski definition) is 3. The maximum absolute atomic E-state index is 6.15. The number of hydrazine groups is 1. The van der Waals surface area contributed by atoms with Crippen molar-refractivity contribution >= 4 is 5.69 Å². The quantitative estimate of drug-likeness (QED) is 0.739. The van der Waals surface area contributed by atoms with Gasteiger partial charge < -0.3 is 10.5 Å². The molecule has 0 amide bonds. The van der Waals surface area contributed by atoms with Crippen molar-refractivity contribution in [3.8, 4) is 5.75 Å². The number of rotatable bonds is 4. The Morgan fingerprint density at radius 2 is 1.64 bits per heavy atom. The molecule has 4 heteroatoms. The summed E-state index contributed by atoms with van der Waals surface area (Å²) in [6.07, 6.45) is 1.05. The first-order chi connectivity index (χ1) is 11.8. The van der Waals surface area contributed by atoms with E-state index in [1.54, 1.807) is 0 Å². The zero-order chi connectivity index (χ0) is 18.0. The maximum atomic E-state index is 6.15. The Balaban J connectivity index is 1.59. The Hall–Kier alpha value is -2.04. The van der Waals surface area contributed by atoms with Gasteiger partial charge in [-0.3, -0.25) is 5.43 Å². The van der Waals surface area contributed by atoms with Crippen LogP contribution in [-0.4, -0.2) is 12.1 Å². The second-order valence-electron chi connectivity index (χ2n) is 7.95. The number of benzene rings is 2. The molecule has 1 aliphatic rings. The van der Waals surface area contributed by atoms with Crippen LogP contribution in [0, 0.1) is 0 Å². The van der Waals surface area contributed by atoms with Crippen LogP contribution in [0.3, 0.4) is 0 Å². The van der Waals surface area contributed by atoms with E-state index in [1.165, 1.54) is 11.1 Å². The van der Waals surface area contributed by atoms with Gasteiger partial charge in [0.1, 0.15) is 11.9 Å². The number of nitrogen functional groups attached to an aromatic ring is 1. The smallest absolute Gasteiger partial charge is 0.119 e. The van der Waals surface area contributed by atoms with E-state index < -0.39 is 0 Å². The summed E-state index contributed by atoms with van der Waals surface area (Å²) in [6.45, 7) is 8.77. The Morgan fingerprint density at radius 1 is 1.00 bits per heavy atom. The van der Waals surface area contributed by atoms with Gasteiger partial charge in [-0.1, -0.05) is 45.0 Å². The van der Waals surface area contributed by atoms with E-state index in [0.29, 0.717) is 0 Å². The van der Waals surface area contributed by atoms with Crippen molar-refractivity contribution in [3.63, 3.8) is 0 Å². The molecule has 25 heavy (non-hydrogen) atoms. The summed E-state index contributed by atoms with van der Waals surface area (Å²) in [7, 11) is 0. The molecule has 0 aliphatic carbocycles. The summed E-state index contributed by atoms with van der Waals surface area (Å²) < 4.78 is 6.15. The van der Waals surface area contributed by atoms with E-state index >= 15 is 0 Å². The SMILES string of the molecule is CC(Oc1ccc(C(C)(C)C)cc1)C1CC(c2ccc(N)cc2)NN1. The first-order valence-electron chi connectivity index (χ1n) is 8.96. The molecule has 0 radical (unpaired) electrons. The Morgan fingerprint density at radius 3 is 2.24 bits per heavy atom. The van der Waals surface area contributed by atoms with Crippen molar-refractivity contribution in [2.24, 2.45) is 0 Å². The average Bonchev–Trinajstić information content (AvgIpc) is 3.05. The third kappa shape index (κ3) is 4.33. The van der Waals surface area contributed by atoms with Gasteiger partial charge in [-0.15, -0.1) is 0 Å². The predicted octanol–water partition coefficient (Wildman–Crippen LogP) is 3.94. The molecule has 1 fully saturated rings. The van der Waals surface area contributed by atoms with Crippen LogP contribution in [0.25, 0.3) is 0 Å². The monoisotopic (exact) mass is 339 g/mol. The molecular formula is C21H29N3O. The van der Waals surface area contributed by atoms with Gasteiger partial charge in [0.15, 0.2) is 0 Å². The third-order valence-electron chi connectivity index (χ3n) is 4.88. The highest BCUT2D eigenvalue weighted by Crippen LogP contribution is 2.27. The van der Waals surface area contributed by atoms with Gasteiger partial charge in [0, 0.05) is 11.7 Å². The van der Waals surface area contributed by atoms with Crippen LogP contribution in [0.2, 0.25) is 0 Å². The van der Waals surface area contributed by atoms with Crippen molar-refractivity contribution in [2.45, 2.75) is 57.7 Å². The minimum absolute atomic E-state index is 0.0757. The van der Waals surface area contributed by atoms with Gasteiger partial charge >= 0.3 is 0 Å². The van der Waals surface area contributed by atoms with E-state index in [1.807, 2.05) is 12.1 Å². The Bertz CT molecular complexity index is 689. The normalized spacial score (nSPS) is 21.9. The zero-order valence-corrected chi connectivity index (χ0v) is 15.5. The highest BCUT2D eigenvalue weighted by molar-refractivity contribution is 5.40. The third-order valence-corrected chi connectivity index (χ3v) is 4.88. The molecule has 134 valence electrons. The molecule has 1 heterocycles. The number of ether oxygens (including phenoxy) is 1. The standard InChI is InChI=1S/C21H29N3O/c1-14(25-18-11-7-16(8-12-18)21(2,3)4)19-13-20(24-23-19)15-5-9-17(22)10-6-15/h5-12,14,19-20,23-24H,13,22H2,1-4H3. The molecule has 1 saturated heterocycles. The van der Waals surface area contributed by atoms with Crippen LogP contribution in [-0.2, 0) is 5.41 Å². The minimum Gasteiger partial charge on any atom is -0.489 e. The van der Waals surface area contributed by atoms with Gasteiger partial charge in [-0.05, 0) is 54.2 Å². The fraction of sp³-hybridized carbons (Fsp3) is 0.429. The van der Waals surface area contributed by atoms with Crippen LogP contribution >= 0.6 is 0 Å². The van der Waals surface area contributed by atoms with E-state index in [-0.39, 0.29) is 23.6 Å². The van der Waals surface area contributed by atoms with Crippen molar-refractivity contribution in [1.82, 2.24) is 10.9 Å². The maximum Gasteiger partial charge on any atom is 0.119 e. The lowest BCUT2D eigenvalue weighted by molar-refractivity contribution is 0.176. The van der Waals surface area contributed by atoms with Crippen molar-refractivity contribution in [2.75, 3.05) is 5.73 Å². The summed E-state index contributed by atoms with van der Waals surface area (Å²) in [5.74, 6) is 0.915. The van der Waals surface area contributed by atoms with Crippen molar-refractivity contribution in [3.05, 3.63) is 59.7 Å². The van der Waals surface area contributed by atoms with E-state index in [2.05, 4.69) is 74.9 Å². The van der Waals surface area contributed by atoms with E-state index in [4.69, 9.17) is 10.5 Å². The Labute approximate surface area is 150 Å². The Kier molecular flexibility index (Phi) is 5.02. The zero-order valence-electron chi connectivity index (χ0n) is 15.5. The van der Waals surface area contributed by atoms with Crippen LogP contribution in [0.5, 0.6) is 5.75 Å². The van der Waals surface area contributed by atoms with Gasteiger partial charge in [0.2, 0.25) is 0 Å². The largest absolute Gasteiger partial charge is 0.489 e. The lowest BCUT2D eigenvalue weighted by atomic mass is 9.87. The van der Waals surface area contributed by atoms with Crippen molar-refractivity contribution in [1.29, 1.82) is 0 Å². The fourth-order valence-corrected chi connectivity index (χ4v) is 3.17. The molecule has 0 bridgehead atoms. The van der Waals surface area contributed by atoms with Crippen LogP contribution in [0.1, 0.15) is 51.3 Å². The first-order valence-corrected chi connectivity index (χ1v) is 8.96. The predicted molar refractivity (Wildman–Crippen MR) is 104 cm³/mol. The van der Waals surface area contributed by atoms with Crippen LogP contribution in [0.15, 0.2) is 48.5 Å². The second kappa shape index (κ2) is 7.06. The molecule has 0 aromatic heterocycles. The van der Waals surface area contributed by atoms with Gasteiger partial charge in [-0.2, -0.15) is 0 Å². The van der Waals surface area contributed by atoms with Crippen LogP contribution < -0.4 is 21.3 Å². The topological polar surface area (TPSA) is 59.3 Å². The van der Waals surface area contributed by atoms with E-state index in [0.717, 1.165) is 17.9 Å². The molecule has 0 saturated carbocycles. The second-order valence-corrected chi connectivity index (χ2v) is 7.95. The number of nitrogens with one attached hydrogen (secondary N) is 2. The molecule has 3 rings (SSSR count). The van der Waals surface area contributed by atoms with E-state index in [9.17, 15) is 0 Å². The summed E-state index contributed by atoms with van der Waals surface area (Å²) in [5, 5.41) is 0. The number of hydrogen-bond acceptors (Lipinski definition) is 4. The highest BCUT2D eigenvalue weighted by atomic mass is 16.5. The highest BCUT2D eigenvalue weighted by Gasteiger charge is 2.30. The molecule has 4 N–H and O–H groups in total. The van der Waals surface area contributed by atoms with Crippen molar-refractivity contribution < 1.29 is 4.74 Å². The molecule has 0 spiro atoms. The summed E-state index contributed by atoms with van der Waals surface area (Å²) in [5.41, 5.74) is 16.0. The van der Waals surface area contributed by atoms with Gasteiger partial charge in [0.05, 0.1) is 6.04 Å². The molecule has 3 atom stereocenters. The average molecular weight is 339 g/mol. The first kappa shape index (κ1) is 17.8. The summed E-state index contributed by atoms with van der Waals surface area (Å²) >= 11 is 0. The lowest BCUT2D eigenvalue weighted by Crippen LogP contribution is -2.40. The lowest BCUT2D eigenvalue weighted by Gasteiger charge is -2.22. The van der Waals surface area contributed by atoms with Gasteiger partial charge in [-0.25, -0.2) is 5.43 Å². The number of nitrogens with two attached hydrogens (primary N) is 1. The molecule has 1 aliphatic heterocycles. The summed E-state index contributed by atoms with van der Waals surface area (Å²) in [4.78, 5) is 0. The molecule has 2 aromatic rings. The number of anilines is 1. The fourth-order valence-electron chi connectivity index (χ4n) is 3.17. The van der Waals surface area contributed by atoms with Crippen LogP contribution in [0.4, 0.5) is 5.69 Å². The minimum atomic E-state index is 0.0757. The summed E-state index contributed by atoms with van der Waals surface area (Å²) in [6, 6.07) is 17.0. The molecule has 3 unspecified atom stereocenters. The molecule has 4 nitrogen and oxygen atoms in total. The van der Waals surface area contributed by atoms with Gasteiger partial charge in [0.25, 0.3) is 0 Å². The molecular weight excluding hydrogens is 310 g/mol. The molecule has 2 aromatic carbocycles.